The summed E-state index contributed by atoms with van der Waals surface area (Å²) in [5, 5.41) is 0.463. The largest absolute Gasteiger partial charge is 0.340 e. The summed E-state index contributed by atoms with van der Waals surface area (Å²) in [4.78, 5) is 20.4. The average Bonchev–Trinajstić information content (AvgIpc) is 3.02. The van der Waals surface area contributed by atoms with Gasteiger partial charge in [0.05, 0.1) is 30.9 Å². The van der Waals surface area contributed by atoms with Gasteiger partial charge in [-0.05, 0) is 43.2 Å². The molecule has 1 aromatic heterocycles. The van der Waals surface area contributed by atoms with Crippen molar-refractivity contribution in [2.45, 2.75) is 20.3 Å². The van der Waals surface area contributed by atoms with Crippen LogP contribution in [0.25, 0.3) is 10.2 Å². The molecule has 0 aliphatic rings. The summed E-state index contributed by atoms with van der Waals surface area (Å²) >= 11 is 1.37. The van der Waals surface area contributed by atoms with Crippen LogP contribution >= 0.6 is 11.3 Å². The molecule has 3 aromatic rings. The van der Waals surface area contributed by atoms with Crippen molar-refractivity contribution in [3.63, 3.8) is 0 Å². The Labute approximate surface area is 167 Å². The molecule has 148 valence electrons. The second-order valence-corrected chi connectivity index (χ2v) is 8.30. The summed E-state index contributed by atoms with van der Waals surface area (Å²) in [6, 6.07) is 7.50. The van der Waals surface area contributed by atoms with Crippen LogP contribution in [0.5, 0.6) is 0 Å². The number of nitrogens with one attached hydrogen (secondary N) is 1. The highest BCUT2D eigenvalue weighted by Crippen LogP contribution is 2.33. The number of benzene rings is 2. The molecule has 0 saturated heterocycles. The van der Waals surface area contributed by atoms with Gasteiger partial charge >= 0.3 is 0 Å². The molecule has 0 aliphatic heterocycles. The van der Waals surface area contributed by atoms with Gasteiger partial charge in [-0.15, -0.1) is 0 Å². The topological polar surface area (TPSA) is 37.6 Å². The number of fused-ring (bicyclic) bond motifs is 1. The molecule has 2 aromatic carbocycles. The minimum Gasteiger partial charge on any atom is -0.340 e. The van der Waals surface area contributed by atoms with E-state index in [1.54, 1.807) is 0 Å². The van der Waals surface area contributed by atoms with Gasteiger partial charge in [0.1, 0.15) is 17.2 Å². The zero-order valence-corrected chi connectivity index (χ0v) is 17.3. The normalized spacial score (nSPS) is 11.4. The monoisotopic (exact) mass is 404 g/mol. The van der Waals surface area contributed by atoms with Crippen molar-refractivity contribution < 1.29 is 18.5 Å². The van der Waals surface area contributed by atoms with Crippen molar-refractivity contribution in [3.05, 3.63) is 58.7 Å². The predicted octanol–water partition coefficient (Wildman–Crippen LogP) is 3.37. The highest BCUT2D eigenvalue weighted by Gasteiger charge is 2.26. The van der Waals surface area contributed by atoms with Crippen molar-refractivity contribution >= 4 is 32.6 Å². The van der Waals surface area contributed by atoms with Gasteiger partial charge in [0.15, 0.2) is 5.13 Å². The van der Waals surface area contributed by atoms with Gasteiger partial charge in [-0.1, -0.05) is 23.5 Å². The van der Waals surface area contributed by atoms with Crippen LogP contribution in [-0.2, 0) is 0 Å². The number of amides is 1. The highest BCUT2D eigenvalue weighted by atomic mass is 32.1. The Morgan fingerprint density at radius 1 is 1.18 bits per heavy atom. The third-order valence-electron chi connectivity index (χ3n) is 4.53. The molecule has 0 fully saturated rings. The van der Waals surface area contributed by atoms with Gasteiger partial charge in [-0.2, -0.15) is 0 Å². The fraction of sp³-hybridized carbons (Fsp3) is 0.333. The van der Waals surface area contributed by atoms with Crippen molar-refractivity contribution in [3.8, 4) is 0 Å². The molecule has 0 radical (unpaired) electrons. The van der Waals surface area contributed by atoms with Crippen LogP contribution in [0.1, 0.15) is 27.9 Å². The van der Waals surface area contributed by atoms with Crippen molar-refractivity contribution in [2.75, 3.05) is 32.1 Å². The number of rotatable bonds is 6. The number of carbonyl (C=O) groups is 1. The second kappa shape index (κ2) is 8.32. The molecule has 0 aliphatic carbocycles. The zero-order chi connectivity index (χ0) is 20.4. The standard InChI is InChI=1S/C21H23F2N3OS/c1-13-11-14(2)19-17(12-13)28-21(24-19)26(10-6-9-25(3)4)20(27)18-15(22)7-5-8-16(18)23/h5,7-8,11-12H,6,9-10H2,1-4H3/p+1. The van der Waals surface area contributed by atoms with Gasteiger partial charge in [0, 0.05) is 13.0 Å². The SMILES string of the molecule is Cc1cc(C)c2nc(N(CCC[NH+](C)C)C(=O)c3c(F)cccc3F)sc2c1. The van der Waals surface area contributed by atoms with E-state index in [-0.39, 0.29) is 0 Å². The molecule has 1 N–H and O–H groups in total. The average molecular weight is 405 g/mol. The first-order valence-corrected chi connectivity index (χ1v) is 10.0. The molecule has 0 unspecified atom stereocenters. The minimum absolute atomic E-state index is 0.343. The molecular formula is C21H24F2N3OS+. The van der Waals surface area contributed by atoms with Gasteiger partial charge in [-0.3, -0.25) is 9.69 Å². The Kier molecular flexibility index (Phi) is 6.05. The molecule has 0 atom stereocenters. The number of anilines is 1. The quantitative estimate of drug-likeness (QED) is 0.684. The first-order chi connectivity index (χ1) is 13.3. The Balaban J connectivity index is 2.04. The Morgan fingerprint density at radius 2 is 1.86 bits per heavy atom. The lowest BCUT2D eigenvalue weighted by Gasteiger charge is -2.21. The maximum atomic E-state index is 14.2. The third kappa shape index (κ3) is 4.20. The molecule has 7 heteroatoms. The Hall–Kier alpha value is -2.38. The van der Waals surface area contributed by atoms with E-state index in [1.165, 1.54) is 27.2 Å². The Morgan fingerprint density at radius 3 is 2.50 bits per heavy atom. The number of hydrogen-bond donors (Lipinski definition) is 1. The van der Waals surface area contributed by atoms with Crippen LogP contribution in [0.3, 0.4) is 0 Å². The molecule has 0 spiro atoms. The number of aromatic nitrogens is 1. The van der Waals surface area contributed by atoms with Gasteiger partial charge in [-0.25, -0.2) is 13.8 Å². The van der Waals surface area contributed by atoms with Crippen LogP contribution in [0.4, 0.5) is 13.9 Å². The molecule has 4 nitrogen and oxygen atoms in total. The molecule has 3 rings (SSSR count). The van der Waals surface area contributed by atoms with Crippen molar-refractivity contribution in [1.82, 2.24) is 4.98 Å². The summed E-state index contributed by atoms with van der Waals surface area (Å²) in [6.07, 6.45) is 0.693. The fourth-order valence-electron chi connectivity index (χ4n) is 3.19. The van der Waals surface area contributed by atoms with E-state index in [1.807, 2.05) is 40.1 Å². The summed E-state index contributed by atoms with van der Waals surface area (Å²) in [5.74, 6) is -2.42. The number of hydrogen-bond acceptors (Lipinski definition) is 3. The highest BCUT2D eigenvalue weighted by molar-refractivity contribution is 7.22. The lowest BCUT2D eigenvalue weighted by molar-refractivity contribution is -0.858. The van der Waals surface area contributed by atoms with Gasteiger partial charge < -0.3 is 4.90 Å². The first kappa shape index (κ1) is 20.4. The van der Waals surface area contributed by atoms with Crippen LogP contribution in [0.15, 0.2) is 30.3 Å². The maximum Gasteiger partial charge on any atom is 0.266 e. The lowest BCUT2D eigenvalue weighted by atomic mass is 10.1. The Bertz CT molecular complexity index is 996. The molecule has 1 amide bonds. The fourth-order valence-corrected chi connectivity index (χ4v) is 4.35. The van der Waals surface area contributed by atoms with E-state index in [4.69, 9.17) is 0 Å². The van der Waals surface area contributed by atoms with E-state index in [0.717, 1.165) is 40.0 Å². The summed E-state index contributed by atoms with van der Waals surface area (Å²) in [6.45, 7) is 5.14. The number of nitrogens with zero attached hydrogens (tertiary/aromatic N) is 2. The van der Waals surface area contributed by atoms with E-state index < -0.39 is 23.1 Å². The van der Waals surface area contributed by atoms with E-state index >= 15 is 0 Å². The zero-order valence-electron chi connectivity index (χ0n) is 16.5. The smallest absolute Gasteiger partial charge is 0.266 e. The van der Waals surface area contributed by atoms with E-state index in [2.05, 4.69) is 4.98 Å². The second-order valence-electron chi connectivity index (χ2n) is 7.29. The summed E-state index contributed by atoms with van der Waals surface area (Å²) in [5.41, 5.74) is 2.40. The molecule has 28 heavy (non-hydrogen) atoms. The van der Waals surface area contributed by atoms with Crippen LogP contribution in [0.2, 0.25) is 0 Å². The van der Waals surface area contributed by atoms with Crippen LogP contribution in [0, 0.1) is 25.5 Å². The van der Waals surface area contributed by atoms with Crippen molar-refractivity contribution in [1.29, 1.82) is 0 Å². The molecule has 0 saturated carbocycles. The van der Waals surface area contributed by atoms with Gasteiger partial charge in [0.25, 0.3) is 5.91 Å². The molecule has 1 heterocycles. The van der Waals surface area contributed by atoms with Crippen LogP contribution < -0.4 is 9.80 Å². The molecular weight excluding hydrogens is 380 g/mol. The molecule has 0 bridgehead atoms. The number of thiazole rings is 1. The summed E-state index contributed by atoms with van der Waals surface area (Å²) in [7, 11) is 4.04. The number of halogens is 2. The summed E-state index contributed by atoms with van der Waals surface area (Å²) < 4.78 is 29.4. The first-order valence-electron chi connectivity index (χ1n) is 9.20. The lowest BCUT2D eigenvalue weighted by Crippen LogP contribution is -3.05. The van der Waals surface area contributed by atoms with Gasteiger partial charge in [0.2, 0.25) is 0 Å². The number of carbonyl (C=O) groups excluding carboxylic acids is 1. The third-order valence-corrected chi connectivity index (χ3v) is 5.56. The van der Waals surface area contributed by atoms with E-state index in [0.29, 0.717) is 18.1 Å². The number of quaternary nitrogens is 1. The number of aryl methyl sites for hydroxylation is 2. The van der Waals surface area contributed by atoms with E-state index in [9.17, 15) is 13.6 Å². The maximum absolute atomic E-state index is 14.2. The predicted molar refractivity (Wildman–Crippen MR) is 109 cm³/mol. The van der Waals surface area contributed by atoms with Crippen LogP contribution in [-0.4, -0.2) is 38.1 Å². The van der Waals surface area contributed by atoms with Crippen molar-refractivity contribution in [2.24, 2.45) is 0 Å². The minimum atomic E-state index is -0.860.